The number of aromatic nitrogens is 11. The van der Waals surface area contributed by atoms with Crippen molar-refractivity contribution in [3.05, 3.63) is 209 Å². The molecule has 15 rings (SSSR count). The monoisotopic (exact) mass is 1390 g/mol. The van der Waals surface area contributed by atoms with E-state index in [2.05, 4.69) is 166 Å². The number of pyridine rings is 2. The molecule has 26 heteroatoms. The van der Waals surface area contributed by atoms with Crippen LogP contribution in [0.3, 0.4) is 0 Å². The Bertz CT molecular complexity index is 4130. The van der Waals surface area contributed by atoms with E-state index in [1.807, 2.05) is 47.5 Å². The average Bonchev–Trinajstić information content (AvgIpc) is 1.68. The van der Waals surface area contributed by atoms with Crippen LogP contribution < -0.4 is 10.9 Å². The Labute approximate surface area is 574 Å². The summed E-state index contributed by atoms with van der Waals surface area (Å²) in [4.78, 5) is 28.3. The van der Waals surface area contributed by atoms with E-state index in [4.69, 9.17) is 61.8 Å². The Morgan fingerprint density at radius 3 is 1.28 bits per heavy atom. The summed E-state index contributed by atoms with van der Waals surface area (Å²) in [6.45, 7) is 22.2. The second-order valence-corrected chi connectivity index (χ2v) is 25.1. The van der Waals surface area contributed by atoms with Crippen LogP contribution in [-0.2, 0) is 43.2 Å². The van der Waals surface area contributed by atoms with E-state index in [1.165, 1.54) is 29.1 Å². The molecule has 3 aromatic carbocycles. The summed E-state index contributed by atoms with van der Waals surface area (Å²) < 4.78 is 34.4. The molecule has 12 heterocycles. The predicted molar refractivity (Wildman–Crippen MR) is 379 cm³/mol. The minimum Gasteiger partial charge on any atom is -0.423 e. The van der Waals surface area contributed by atoms with Gasteiger partial charge in [0.05, 0.1) is 79.6 Å². The summed E-state index contributed by atoms with van der Waals surface area (Å²) >= 11 is 15.0. The molecular formula is C69H81B2BrCl2N14O7. The van der Waals surface area contributed by atoms with Crippen LogP contribution in [-0.4, -0.2) is 183 Å². The molecule has 4 saturated heterocycles. The van der Waals surface area contributed by atoms with Crippen LogP contribution in [0.4, 0.5) is 0 Å². The van der Waals surface area contributed by atoms with E-state index in [0.717, 1.165) is 159 Å². The lowest BCUT2D eigenvalue weighted by Crippen LogP contribution is -2.41. The Morgan fingerprint density at radius 2 is 0.853 bits per heavy atom. The van der Waals surface area contributed by atoms with Crippen molar-refractivity contribution in [1.82, 2.24) is 68.5 Å². The van der Waals surface area contributed by atoms with Gasteiger partial charge >= 0.3 is 14.2 Å². The molecule has 11 aromatic rings. The molecule has 0 aliphatic carbocycles. The number of halogens is 3. The van der Waals surface area contributed by atoms with Crippen LogP contribution in [0.25, 0.3) is 50.5 Å². The number of morpholine rings is 3. The number of ether oxygens (including phenoxy) is 3. The molecule has 4 aliphatic heterocycles. The molecule has 4 fully saturated rings. The van der Waals surface area contributed by atoms with Gasteiger partial charge in [0, 0.05) is 119 Å². The lowest BCUT2D eigenvalue weighted by atomic mass is 9.79. The molecule has 496 valence electrons. The molecular weight excluding hydrogens is 1310 g/mol. The first-order valence-corrected chi connectivity index (χ1v) is 32.4. The van der Waals surface area contributed by atoms with Crippen molar-refractivity contribution < 1.29 is 33.6 Å². The molecule has 0 unspecified atom stereocenters. The summed E-state index contributed by atoms with van der Waals surface area (Å²) in [7, 11) is -1.66. The molecule has 0 amide bonds. The van der Waals surface area contributed by atoms with Gasteiger partial charge in [-0.05, 0) is 125 Å². The first-order chi connectivity index (χ1) is 45.1. The van der Waals surface area contributed by atoms with Crippen LogP contribution in [0.5, 0.6) is 0 Å². The highest BCUT2D eigenvalue weighted by atomic mass is 79.9. The first-order valence-electron chi connectivity index (χ1n) is 30.8. The average molecular weight is 1390 g/mol. The lowest BCUT2D eigenvalue weighted by Gasteiger charge is -2.32. The number of hydrogen-bond donors (Lipinski definition) is 2. The summed E-state index contributed by atoms with van der Waals surface area (Å²) in [6.07, 6.45) is 17.5. The highest BCUT2D eigenvalue weighted by molar-refractivity contribution is 9.10. The maximum Gasteiger partial charge on any atom is 0.494 e. The molecule has 0 saturated carbocycles. The van der Waals surface area contributed by atoms with E-state index in [-0.39, 0.29) is 33.2 Å². The van der Waals surface area contributed by atoms with Gasteiger partial charge in [-0.2, -0.15) is 15.3 Å². The van der Waals surface area contributed by atoms with Crippen molar-refractivity contribution in [3.8, 4) is 33.5 Å². The number of benzene rings is 3. The number of rotatable bonds is 11. The topological polar surface area (TPSA) is 213 Å². The van der Waals surface area contributed by atoms with E-state index in [0.29, 0.717) is 15.8 Å². The highest BCUT2D eigenvalue weighted by Gasteiger charge is 2.51. The molecule has 0 radical (unpaired) electrons. The maximum absolute atomic E-state index is 8.55. The molecule has 0 bridgehead atoms. The van der Waals surface area contributed by atoms with Gasteiger partial charge < -0.3 is 33.6 Å². The summed E-state index contributed by atoms with van der Waals surface area (Å²) in [6, 6.07) is 38.3. The third kappa shape index (κ3) is 19.2. The van der Waals surface area contributed by atoms with E-state index < -0.39 is 7.12 Å². The molecule has 21 nitrogen and oxygen atoms in total. The SMILES string of the molecule is C.C.CC1(C)OB(c2ccc(CN3CCOCC3)cc2)OC1(C)C.Clc1ccn2ncc(-c3ccc(CN4CCOCC4)cc3)c2n1.Clc1ccn2ncc(Br)c2n1.OB(O)c1ccncc1.c1cc(-c2ccn3ncc(-c4ccc(CN5CCOCC5)cc4)c3n2)ccn1. The normalized spacial score (nSPS) is 16.2. The zero-order valence-corrected chi connectivity index (χ0v) is 55.4. The Hall–Kier alpha value is -7.39. The molecule has 95 heavy (non-hydrogen) atoms. The van der Waals surface area contributed by atoms with Crippen molar-refractivity contribution in [1.29, 1.82) is 0 Å². The van der Waals surface area contributed by atoms with Crippen LogP contribution in [0.1, 0.15) is 59.2 Å². The van der Waals surface area contributed by atoms with E-state index in [1.54, 1.807) is 58.1 Å². The molecule has 0 spiro atoms. The van der Waals surface area contributed by atoms with E-state index in [9.17, 15) is 0 Å². The van der Waals surface area contributed by atoms with Gasteiger partial charge in [-0.25, -0.2) is 28.5 Å². The standard InChI is InChI=1S/C22H21N5O.C17H26BNO3.C17H17ClN4O.C6H3BrClN3.C5H6BNO2.2CH4/c1-3-18(4-2-17(1)16-26-11-13-28-14-12-26)20-15-24-27-10-7-21(25-22(20)27)19-5-8-23-9-6-19;1-16(2)17(3,4)22-18(21-16)15-7-5-14(6-8-15)13-19-9-11-20-12-10-19;18-16-5-6-22-17(20-16)15(11-19-22)14-3-1-13(2-4-14)12-21-7-9-23-10-8-21;7-4-3-9-11-2-1-5(8)10-6(4)11;8-6(9)5-1-3-7-4-2-5;;/h1-10,15H,11-14,16H2;5-8H,9-13H2,1-4H3;1-6,11H,7-10,12H2;1-3H;1-4,8-9H;2*1H4. The number of hydrogen-bond acceptors (Lipinski definition) is 18. The van der Waals surface area contributed by atoms with Crippen molar-refractivity contribution in [3.63, 3.8) is 0 Å². The Morgan fingerprint density at radius 1 is 0.474 bits per heavy atom. The predicted octanol–water partition coefficient (Wildman–Crippen LogP) is 10.2. The fraction of sp³-hybridized carbons (Fsp3) is 0.333. The molecule has 8 aromatic heterocycles. The van der Waals surface area contributed by atoms with Crippen molar-refractivity contribution in [2.45, 2.75) is 73.4 Å². The minimum atomic E-state index is -1.38. The Balaban J connectivity index is 0.000000146. The third-order valence-corrected chi connectivity index (χ3v) is 17.5. The highest BCUT2D eigenvalue weighted by Crippen LogP contribution is 2.37. The van der Waals surface area contributed by atoms with E-state index >= 15 is 0 Å². The smallest absolute Gasteiger partial charge is 0.423 e. The van der Waals surface area contributed by atoms with Gasteiger partial charge in [0.1, 0.15) is 10.3 Å². The van der Waals surface area contributed by atoms with Crippen LogP contribution in [0.2, 0.25) is 10.3 Å². The van der Waals surface area contributed by atoms with Gasteiger partial charge in [0.2, 0.25) is 0 Å². The van der Waals surface area contributed by atoms with Crippen molar-refractivity contribution in [2.75, 3.05) is 78.9 Å². The lowest BCUT2D eigenvalue weighted by molar-refractivity contribution is 0.00578. The Kier molecular flexibility index (Phi) is 25.7. The zero-order chi connectivity index (χ0) is 64.7. The van der Waals surface area contributed by atoms with Gasteiger partial charge in [0.25, 0.3) is 0 Å². The van der Waals surface area contributed by atoms with Crippen LogP contribution >= 0.6 is 39.1 Å². The summed E-state index contributed by atoms with van der Waals surface area (Å²) in [5, 5.41) is 30.8. The fourth-order valence-electron chi connectivity index (χ4n) is 10.6. The van der Waals surface area contributed by atoms with Crippen molar-refractivity contribution >= 4 is 81.2 Å². The van der Waals surface area contributed by atoms with Gasteiger partial charge in [-0.15, -0.1) is 0 Å². The van der Waals surface area contributed by atoms with Gasteiger partial charge in [0.15, 0.2) is 16.9 Å². The molecule has 4 aliphatic rings. The van der Waals surface area contributed by atoms with Crippen LogP contribution in [0.15, 0.2) is 182 Å². The van der Waals surface area contributed by atoms with Crippen molar-refractivity contribution in [2.24, 2.45) is 0 Å². The minimum absolute atomic E-state index is 0. The zero-order valence-electron chi connectivity index (χ0n) is 52.3. The quantitative estimate of drug-likeness (QED) is 0.0910. The maximum atomic E-state index is 8.55. The number of nitrogens with zero attached hydrogens (tertiary/aromatic N) is 14. The number of fused-ring (bicyclic) bond motifs is 3. The second-order valence-electron chi connectivity index (χ2n) is 23.5. The first kappa shape index (κ1) is 71.9. The van der Waals surface area contributed by atoms with Gasteiger partial charge in [-0.1, -0.05) is 111 Å². The molecule has 0 atom stereocenters. The second kappa shape index (κ2) is 34.0. The fourth-order valence-corrected chi connectivity index (χ4v) is 11.2. The molecule has 2 N–H and O–H groups in total. The van der Waals surface area contributed by atoms with Crippen LogP contribution in [0, 0.1) is 0 Å². The summed E-state index contributed by atoms with van der Waals surface area (Å²) in [5.74, 6) is 0. The largest absolute Gasteiger partial charge is 0.494 e. The van der Waals surface area contributed by atoms with Gasteiger partial charge in [-0.3, -0.25) is 24.7 Å². The summed E-state index contributed by atoms with van der Waals surface area (Å²) in [5.41, 5.74) is 13.5. The third-order valence-electron chi connectivity index (χ3n) is 16.5.